The van der Waals surface area contributed by atoms with Gasteiger partial charge in [0, 0.05) is 38.0 Å². The van der Waals surface area contributed by atoms with Gasteiger partial charge in [0.2, 0.25) is 5.91 Å². The lowest BCUT2D eigenvalue weighted by molar-refractivity contribution is -0.121. The van der Waals surface area contributed by atoms with Gasteiger partial charge in [-0.25, -0.2) is 0 Å². The SMILES string of the molecule is NC(=S)CCN(CCC(=O)NC1CC1)C1CC1. The standard InChI is InChI=1S/C12H21N3OS/c13-11(17)5-7-15(10-3-4-10)8-6-12(16)14-9-1-2-9/h9-10H,1-8H2,(H2,13,17)(H,14,16). The molecule has 17 heavy (non-hydrogen) atoms. The predicted octanol–water partition coefficient (Wildman–Crippen LogP) is 0.796. The monoisotopic (exact) mass is 255 g/mol. The van der Waals surface area contributed by atoms with E-state index in [-0.39, 0.29) is 5.91 Å². The van der Waals surface area contributed by atoms with Gasteiger partial charge < -0.3 is 11.1 Å². The maximum atomic E-state index is 11.6. The molecule has 2 rings (SSSR count). The number of nitrogens with one attached hydrogen (secondary N) is 1. The topological polar surface area (TPSA) is 58.4 Å². The van der Waals surface area contributed by atoms with Gasteiger partial charge in [-0.05, 0) is 25.7 Å². The van der Waals surface area contributed by atoms with Gasteiger partial charge in [0.15, 0.2) is 0 Å². The molecule has 2 aliphatic carbocycles. The summed E-state index contributed by atoms with van der Waals surface area (Å²) in [5.74, 6) is 0.188. The molecular weight excluding hydrogens is 234 g/mol. The van der Waals surface area contributed by atoms with Gasteiger partial charge in [-0.1, -0.05) is 12.2 Å². The fraction of sp³-hybridized carbons (Fsp3) is 0.833. The summed E-state index contributed by atoms with van der Waals surface area (Å²) in [7, 11) is 0. The zero-order chi connectivity index (χ0) is 12.3. The first-order chi connectivity index (χ1) is 8.15. The van der Waals surface area contributed by atoms with Crippen LogP contribution in [0.1, 0.15) is 38.5 Å². The minimum atomic E-state index is 0.188. The Bertz CT molecular complexity index is 300. The van der Waals surface area contributed by atoms with Gasteiger partial charge in [-0.2, -0.15) is 0 Å². The molecule has 0 aliphatic heterocycles. The summed E-state index contributed by atoms with van der Waals surface area (Å²) in [6.07, 6.45) is 6.17. The lowest BCUT2D eigenvalue weighted by atomic mass is 10.3. The third kappa shape index (κ3) is 5.00. The highest BCUT2D eigenvalue weighted by atomic mass is 32.1. The van der Waals surface area contributed by atoms with Gasteiger partial charge in [-0.15, -0.1) is 0 Å². The van der Waals surface area contributed by atoms with E-state index in [1.165, 1.54) is 12.8 Å². The Morgan fingerprint density at radius 1 is 1.24 bits per heavy atom. The molecular formula is C12H21N3OS. The van der Waals surface area contributed by atoms with Crippen LogP contribution in [-0.4, -0.2) is 41.0 Å². The van der Waals surface area contributed by atoms with E-state index in [0.29, 0.717) is 23.5 Å². The van der Waals surface area contributed by atoms with E-state index < -0.39 is 0 Å². The van der Waals surface area contributed by atoms with Crippen molar-refractivity contribution in [1.29, 1.82) is 0 Å². The van der Waals surface area contributed by atoms with Crippen molar-refractivity contribution < 1.29 is 4.79 Å². The predicted molar refractivity (Wildman–Crippen MR) is 71.8 cm³/mol. The molecule has 0 saturated heterocycles. The van der Waals surface area contributed by atoms with Crippen molar-refractivity contribution in [3.8, 4) is 0 Å². The van der Waals surface area contributed by atoms with Gasteiger partial charge in [0.1, 0.15) is 0 Å². The van der Waals surface area contributed by atoms with Gasteiger partial charge >= 0.3 is 0 Å². The normalized spacial score (nSPS) is 19.4. The third-order valence-electron chi connectivity index (χ3n) is 3.28. The smallest absolute Gasteiger partial charge is 0.221 e. The van der Waals surface area contributed by atoms with Crippen molar-refractivity contribution in [2.45, 2.75) is 50.6 Å². The first-order valence-electron chi connectivity index (χ1n) is 6.47. The number of hydrogen-bond donors (Lipinski definition) is 2. The lowest BCUT2D eigenvalue weighted by Gasteiger charge is -2.21. The second kappa shape index (κ2) is 5.78. The number of carbonyl (C=O) groups excluding carboxylic acids is 1. The van der Waals surface area contributed by atoms with Crippen LogP contribution in [0, 0.1) is 0 Å². The maximum Gasteiger partial charge on any atom is 0.221 e. The average Bonchev–Trinajstić information content (AvgIpc) is 3.10. The molecule has 0 unspecified atom stereocenters. The number of thiocarbonyl (C=S) groups is 1. The maximum absolute atomic E-state index is 11.6. The minimum absolute atomic E-state index is 0.188. The Hall–Kier alpha value is -0.680. The van der Waals surface area contributed by atoms with Crippen LogP contribution in [0.25, 0.3) is 0 Å². The van der Waals surface area contributed by atoms with E-state index in [4.69, 9.17) is 18.0 Å². The number of carbonyl (C=O) groups is 1. The highest BCUT2D eigenvalue weighted by Crippen LogP contribution is 2.27. The fourth-order valence-corrected chi connectivity index (χ4v) is 2.03. The zero-order valence-corrected chi connectivity index (χ0v) is 11.0. The van der Waals surface area contributed by atoms with Crippen LogP contribution < -0.4 is 11.1 Å². The first-order valence-corrected chi connectivity index (χ1v) is 6.87. The Morgan fingerprint density at radius 3 is 2.41 bits per heavy atom. The number of hydrogen-bond acceptors (Lipinski definition) is 3. The molecule has 0 radical (unpaired) electrons. The molecule has 0 heterocycles. The van der Waals surface area contributed by atoms with E-state index in [9.17, 15) is 4.79 Å². The molecule has 2 fully saturated rings. The summed E-state index contributed by atoms with van der Waals surface area (Å²) in [6.45, 7) is 1.74. The summed E-state index contributed by atoms with van der Waals surface area (Å²) in [6, 6.07) is 1.13. The molecule has 4 nitrogen and oxygen atoms in total. The van der Waals surface area contributed by atoms with Crippen molar-refractivity contribution in [3.05, 3.63) is 0 Å². The molecule has 3 N–H and O–H groups in total. The van der Waals surface area contributed by atoms with Crippen molar-refractivity contribution in [3.63, 3.8) is 0 Å². The van der Waals surface area contributed by atoms with E-state index in [2.05, 4.69) is 10.2 Å². The van der Waals surface area contributed by atoms with Crippen molar-refractivity contribution >= 4 is 23.1 Å². The summed E-state index contributed by atoms with van der Waals surface area (Å²) in [5.41, 5.74) is 5.52. The van der Waals surface area contributed by atoms with Gasteiger partial charge in [0.05, 0.1) is 4.99 Å². The molecule has 1 amide bonds. The Morgan fingerprint density at radius 2 is 1.88 bits per heavy atom. The van der Waals surface area contributed by atoms with Crippen molar-refractivity contribution in [1.82, 2.24) is 10.2 Å². The molecule has 0 aromatic heterocycles. The number of nitrogens with two attached hydrogens (primary N) is 1. The number of nitrogens with zero attached hydrogens (tertiary/aromatic N) is 1. The van der Waals surface area contributed by atoms with Crippen LogP contribution in [-0.2, 0) is 4.79 Å². The van der Waals surface area contributed by atoms with Crippen molar-refractivity contribution in [2.24, 2.45) is 5.73 Å². The highest BCUT2D eigenvalue weighted by Gasteiger charge is 2.29. The third-order valence-corrected chi connectivity index (χ3v) is 3.48. The second-order valence-corrected chi connectivity index (χ2v) is 5.60. The molecule has 0 bridgehead atoms. The van der Waals surface area contributed by atoms with Crippen LogP contribution in [0.3, 0.4) is 0 Å². The first kappa shape index (κ1) is 12.8. The molecule has 5 heteroatoms. The summed E-state index contributed by atoms with van der Waals surface area (Å²) >= 11 is 4.89. The molecule has 0 aromatic carbocycles. The van der Waals surface area contributed by atoms with Gasteiger partial charge in [-0.3, -0.25) is 9.69 Å². The second-order valence-electron chi connectivity index (χ2n) is 5.08. The van der Waals surface area contributed by atoms with Crippen LogP contribution in [0.15, 0.2) is 0 Å². The Kier molecular flexibility index (Phi) is 4.34. The van der Waals surface area contributed by atoms with E-state index in [0.717, 1.165) is 32.4 Å². The lowest BCUT2D eigenvalue weighted by Crippen LogP contribution is -2.34. The van der Waals surface area contributed by atoms with Crippen LogP contribution >= 0.6 is 12.2 Å². The summed E-state index contributed by atoms with van der Waals surface area (Å²) in [4.78, 5) is 14.5. The van der Waals surface area contributed by atoms with Crippen molar-refractivity contribution in [2.75, 3.05) is 13.1 Å². The Labute approximate surface area is 108 Å². The fourth-order valence-electron chi connectivity index (χ4n) is 1.94. The number of amides is 1. The molecule has 0 aromatic rings. The van der Waals surface area contributed by atoms with E-state index in [1.807, 2.05) is 0 Å². The van der Waals surface area contributed by atoms with E-state index >= 15 is 0 Å². The molecule has 0 spiro atoms. The molecule has 2 saturated carbocycles. The van der Waals surface area contributed by atoms with Crippen LogP contribution in [0.2, 0.25) is 0 Å². The van der Waals surface area contributed by atoms with E-state index in [1.54, 1.807) is 0 Å². The van der Waals surface area contributed by atoms with Crippen LogP contribution in [0.4, 0.5) is 0 Å². The molecule has 96 valence electrons. The molecule has 2 aliphatic rings. The zero-order valence-electron chi connectivity index (χ0n) is 10.2. The van der Waals surface area contributed by atoms with Crippen LogP contribution in [0.5, 0.6) is 0 Å². The Balaban J connectivity index is 1.65. The average molecular weight is 255 g/mol. The summed E-state index contributed by atoms with van der Waals surface area (Å²) < 4.78 is 0. The van der Waals surface area contributed by atoms with Gasteiger partial charge in [0.25, 0.3) is 0 Å². The number of rotatable bonds is 8. The molecule has 0 atom stereocenters. The highest BCUT2D eigenvalue weighted by molar-refractivity contribution is 7.80. The quantitative estimate of drug-likeness (QED) is 0.630. The largest absolute Gasteiger partial charge is 0.393 e. The minimum Gasteiger partial charge on any atom is -0.393 e. The summed E-state index contributed by atoms with van der Waals surface area (Å²) in [5, 5.41) is 3.02.